The molecule has 10 heteroatoms. The van der Waals surface area contributed by atoms with Gasteiger partial charge in [-0.15, -0.1) is 35.0 Å². The van der Waals surface area contributed by atoms with Crippen LogP contribution in [0.1, 0.15) is 18.4 Å². The van der Waals surface area contributed by atoms with E-state index < -0.39 is 0 Å². The molecule has 2 heterocycles. The van der Waals surface area contributed by atoms with Crippen molar-refractivity contribution in [1.82, 2.24) is 15.1 Å². The molecule has 0 amide bonds. The molecule has 3 aromatic carbocycles. The number of hydrogen-bond donors (Lipinski definition) is 2. The number of ether oxygens (including phenoxy) is 3. The van der Waals surface area contributed by atoms with Crippen molar-refractivity contribution in [1.29, 1.82) is 0 Å². The van der Waals surface area contributed by atoms with E-state index in [0.717, 1.165) is 77.6 Å². The van der Waals surface area contributed by atoms with Crippen molar-refractivity contribution in [2.24, 2.45) is 0 Å². The van der Waals surface area contributed by atoms with Crippen LogP contribution in [0.2, 0.25) is 0 Å². The number of benzene rings is 3. The van der Waals surface area contributed by atoms with Gasteiger partial charge in [0.25, 0.3) is 0 Å². The molecule has 2 N–H and O–H groups in total. The molecule has 0 bridgehead atoms. The SMILES string of the molecule is COc1ccc(-c2nnc(NC3CCN(Cc4cccc(OCCO)c4)CC3)c3cc(OC)ccc23)cc1.Cl.Cl. The number of fused-ring (bicyclic) bond motifs is 1. The number of halogens is 2. The molecule has 1 aliphatic rings. The molecule has 1 aromatic heterocycles. The summed E-state index contributed by atoms with van der Waals surface area (Å²) in [6.45, 7) is 3.17. The van der Waals surface area contributed by atoms with E-state index in [1.54, 1.807) is 14.2 Å². The Morgan fingerprint density at radius 1 is 0.850 bits per heavy atom. The van der Waals surface area contributed by atoms with Gasteiger partial charge in [-0.2, -0.15) is 0 Å². The summed E-state index contributed by atoms with van der Waals surface area (Å²) < 4.78 is 16.4. The second-order valence-corrected chi connectivity index (χ2v) is 9.45. The predicted octanol–water partition coefficient (Wildman–Crippen LogP) is 5.61. The highest BCUT2D eigenvalue weighted by atomic mass is 35.5. The van der Waals surface area contributed by atoms with Crippen LogP contribution < -0.4 is 19.5 Å². The van der Waals surface area contributed by atoms with Gasteiger partial charge in [-0.05, 0) is 73.0 Å². The van der Waals surface area contributed by atoms with Crippen LogP contribution in [0.15, 0.2) is 66.7 Å². The standard InChI is InChI=1S/C30H34N4O4.2ClH/c1-36-24-8-6-22(7-9-24)29-27-11-10-25(37-2)19-28(27)30(33-32-29)31-23-12-14-34(15-13-23)20-21-4-3-5-26(18-21)38-17-16-35;;/h3-11,18-19,23,35H,12-17,20H2,1-2H3,(H,31,33);2*1H. The van der Waals surface area contributed by atoms with E-state index in [4.69, 9.17) is 19.3 Å². The van der Waals surface area contributed by atoms with Crippen LogP contribution in [0.25, 0.3) is 22.0 Å². The van der Waals surface area contributed by atoms with Gasteiger partial charge < -0.3 is 24.6 Å². The first-order chi connectivity index (χ1) is 18.7. The molecule has 0 atom stereocenters. The van der Waals surface area contributed by atoms with Gasteiger partial charge in [0, 0.05) is 42.0 Å². The zero-order valence-electron chi connectivity index (χ0n) is 22.7. The molecular weight excluding hydrogens is 551 g/mol. The molecule has 0 saturated carbocycles. The highest BCUT2D eigenvalue weighted by Crippen LogP contribution is 2.34. The second kappa shape index (κ2) is 14.9. The number of aliphatic hydroxyl groups excluding tert-OH is 1. The Morgan fingerprint density at radius 3 is 2.27 bits per heavy atom. The molecule has 0 aliphatic carbocycles. The molecular formula is C30H36Cl2N4O4. The minimum absolute atomic E-state index is 0. The maximum atomic E-state index is 9.00. The average Bonchev–Trinajstić information content (AvgIpc) is 2.97. The first-order valence-electron chi connectivity index (χ1n) is 13.0. The maximum absolute atomic E-state index is 9.00. The highest BCUT2D eigenvalue weighted by Gasteiger charge is 2.21. The zero-order valence-corrected chi connectivity index (χ0v) is 24.3. The lowest BCUT2D eigenvalue weighted by Gasteiger charge is -2.32. The Morgan fingerprint density at radius 2 is 1.57 bits per heavy atom. The van der Waals surface area contributed by atoms with Gasteiger partial charge in [0.1, 0.15) is 29.5 Å². The molecule has 1 aliphatic heterocycles. The third kappa shape index (κ3) is 7.46. The molecule has 214 valence electrons. The largest absolute Gasteiger partial charge is 0.497 e. The first kappa shape index (κ1) is 31.2. The van der Waals surface area contributed by atoms with E-state index in [-0.39, 0.29) is 31.4 Å². The van der Waals surface area contributed by atoms with Crippen LogP contribution >= 0.6 is 24.8 Å². The van der Waals surface area contributed by atoms with Gasteiger partial charge in [-0.1, -0.05) is 12.1 Å². The zero-order chi connectivity index (χ0) is 26.3. The summed E-state index contributed by atoms with van der Waals surface area (Å²) >= 11 is 0. The quantitative estimate of drug-likeness (QED) is 0.248. The van der Waals surface area contributed by atoms with E-state index in [1.807, 2.05) is 48.5 Å². The van der Waals surface area contributed by atoms with Crippen LogP contribution in [-0.2, 0) is 6.54 Å². The molecule has 0 spiro atoms. The van der Waals surface area contributed by atoms with Crippen molar-refractivity contribution in [3.8, 4) is 28.5 Å². The second-order valence-electron chi connectivity index (χ2n) is 9.45. The van der Waals surface area contributed by atoms with Crippen molar-refractivity contribution in [2.45, 2.75) is 25.4 Å². The Kier molecular flexibility index (Phi) is 11.6. The van der Waals surface area contributed by atoms with Gasteiger partial charge in [0.05, 0.1) is 20.8 Å². The minimum atomic E-state index is 0. The average molecular weight is 588 g/mol. The molecule has 1 saturated heterocycles. The van der Waals surface area contributed by atoms with E-state index in [9.17, 15) is 0 Å². The minimum Gasteiger partial charge on any atom is -0.497 e. The van der Waals surface area contributed by atoms with Crippen molar-refractivity contribution in [2.75, 3.05) is 45.8 Å². The summed E-state index contributed by atoms with van der Waals surface area (Å²) in [6, 6.07) is 22.3. The molecule has 8 nitrogen and oxygen atoms in total. The predicted molar refractivity (Wildman–Crippen MR) is 164 cm³/mol. The topological polar surface area (TPSA) is 89.0 Å². The third-order valence-electron chi connectivity index (χ3n) is 6.94. The van der Waals surface area contributed by atoms with E-state index in [2.05, 4.69) is 38.6 Å². The number of nitrogens with one attached hydrogen (secondary N) is 1. The summed E-state index contributed by atoms with van der Waals surface area (Å²) in [6.07, 6.45) is 2.02. The lowest BCUT2D eigenvalue weighted by atomic mass is 10.0. The summed E-state index contributed by atoms with van der Waals surface area (Å²) in [5.41, 5.74) is 3.03. The van der Waals surface area contributed by atoms with Crippen LogP contribution in [0.3, 0.4) is 0 Å². The van der Waals surface area contributed by atoms with E-state index in [1.165, 1.54) is 5.56 Å². The fourth-order valence-corrected chi connectivity index (χ4v) is 4.91. The third-order valence-corrected chi connectivity index (χ3v) is 6.94. The van der Waals surface area contributed by atoms with Gasteiger partial charge in [0.2, 0.25) is 0 Å². The number of methoxy groups -OCH3 is 2. The number of aromatic nitrogens is 2. The highest BCUT2D eigenvalue weighted by molar-refractivity contribution is 6.00. The van der Waals surface area contributed by atoms with Gasteiger partial charge >= 0.3 is 0 Å². The molecule has 5 rings (SSSR count). The number of piperidine rings is 1. The monoisotopic (exact) mass is 586 g/mol. The number of anilines is 1. The maximum Gasteiger partial charge on any atom is 0.156 e. The lowest BCUT2D eigenvalue weighted by Crippen LogP contribution is -2.38. The Balaban J connectivity index is 0.00000220. The summed E-state index contributed by atoms with van der Waals surface area (Å²) in [5, 5.41) is 23.9. The van der Waals surface area contributed by atoms with E-state index in [0.29, 0.717) is 12.6 Å². The fourth-order valence-electron chi connectivity index (χ4n) is 4.91. The number of likely N-dealkylation sites (tertiary alicyclic amines) is 1. The van der Waals surface area contributed by atoms with E-state index >= 15 is 0 Å². The summed E-state index contributed by atoms with van der Waals surface area (Å²) in [7, 11) is 3.34. The van der Waals surface area contributed by atoms with Crippen molar-refractivity contribution < 1.29 is 19.3 Å². The number of hydrogen-bond acceptors (Lipinski definition) is 8. The van der Waals surface area contributed by atoms with Crippen LogP contribution in [0.4, 0.5) is 5.82 Å². The summed E-state index contributed by atoms with van der Waals surface area (Å²) in [5.74, 6) is 3.17. The number of rotatable bonds is 10. The smallest absolute Gasteiger partial charge is 0.156 e. The van der Waals surface area contributed by atoms with Gasteiger partial charge in [-0.3, -0.25) is 4.90 Å². The molecule has 0 unspecified atom stereocenters. The van der Waals surface area contributed by atoms with Crippen molar-refractivity contribution in [3.63, 3.8) is 0 Å². The van der Waals surface area contributed by atoms with Crippen molar-refractivity contribution >= 4 is 41.4 Å². The number of aliphatic hydroxyl groups is 1. The molecule has 4 aromatic rings. The molecule has 0 radical (unpaired) electrons. The van der Waals surface area contributed by atoms with Gasteiger partial charge in [-0.25, -0.2) is 0 Å². The Hall–Kier alpha value is -3.30. The van der Waals surface area contributed by atoms with Crippen LogP contribution in [-0.4, -0.2) is 66.8 Å². The normalized spacial score (nSPS) is 13.7. The lowest BCUT2D eigenvalue weighted by molar-refractivity contribution is 0.199. The van der Waals surface area contributed by atoms with Crippen LogP contribution in [0.5, 0.6) is 17.2 Å². The van der Waals surface area contributed by atoms with Gasteiger partial charge in [0.15, 0.2) is 5.82 Å². The summed E-state index contributed by atoms with van der Waals surface area (Å²) in [4.78, 5) is 2.46. The first-order valence-corrected chi connectivity index (χ1v) is 13.0. The Bertz CT molecular complexity index is 1370. The van der Waals surface area contributed by atoms with Crippen molar-refractivity contribution in [3.05, 3.63) is 72.3 Å². The molecule has 40 heavy (non-hydrogen) atoms. The van der Waals surface area contributed by atoms with Crippen LogP contribution in [0, 0.1) is 0 Å². The molecule has 1 fully saturated rings. The fraction of sp³-hybridized carbons (Fsp3) is 0.333. The number of nitrogens with zero attached hydrogens (tertiary/aromatic N) is 3. The Labute approximate surface area is 247 Å².